The summed E-state index contributed by atoms with van der Waals surface area (Å²) in [5, 5.41) is 0. The molecule has 0 N–H and O–H groups in total. The smallest absolute Gasteiger partial charge is 0.339 e. The third-order valence-electron chi connectivity index (χ3n) is 16.1. The average molecular weight is 1020 g/mol. The average Bonchev–Trinajstić information content (AvgIpc) is 3.61. The molecule has 4 aromatic rings. The van der Waals surface area contributed by atoms with Crippen LogP contribution in [0.1, 0.15) is 261 Å². The van der Waals surface area contributed by atoms with Crippen molar-refractivity contribution in [2.45, 2.75) is 266 Å². The molecule has 0 aromatic heterocycles. The molecule has 2 fully saturated rings. The van der Waals surface area contributed by atoms with Gasteiger partial charge in [-0.15, -0.1) is 0 Å². The molecule has 0 spiro atoms. The molecule has 2 atom stereocenters. The Morgan fingerprint density at radius 1 is 0.329 bits per heavy atom. The zero-order valence-electron chi connectivity index (χ0n) is 51.2. The lowest BCUT2D eigenvalue weighted by atomic mass is 9.67. The van der Waals surface area contributed by atoms with Gasteiger partial charge in [-0.05, 0) is 110 Å². The Labute approximate surface area is 447 Å². The number of hydrogen-bond donors (Lipinski definition) is 0. The summed E-state index contributed by atoms with van der Waals surface area (Å²) in [4.78, 5) is 0. The Hall–Kier alpha value is -3.18. The Morgan fingerprint density at radius 3 is 0.630 bits per heavy atom. The van der Waals surface area contributed by atoms with Crippen LogP contribution < -0.4 is 0 Å². The normalized spacial score (nSPS) is 20.2. The van der Waals surface area contributed by atoms with Crippen molar-refractivity contribution in [3.63, 3.8) is 0 Å². The molecule has 6 heteroatoms. The second-order valence-electron chi connectivity index (χ2n) is 31.2. The lowest BCUT2D eigenvalue weighted by Crippen LogP contribution is -2.54. The van der Waals surface area contributed by atoms with Crippen molar-refractivity contribution in [1.29, 1.82) is 0 Å². The van der Waals surface area contributed by atoms with Gasteiger partial charge in [-0.2, -0.15) is 0 Å². The first-order valence-electron chi connectivity index (χ1n) is 27.6. The molecule has 5 nitrogen and oxygen atoms in total. The highest BCUT2D eigenvalue weighted by atomic mass is 31.1. The fourth-order valence-corrected chi connectivity index (χ4v) is 11.9. The van der Waals surface area contributed by atoms with Gasteiger partial charge in [0.15, 0.2) is 5.79 Å². The van der Waals surface area contributed by atoms with E-state index in [1.807, 2.05) is 0 Å². The fourth-order valence-electron chi connectivity index (χ4n) is 10.7. The fraction of sp³-hybridized carbons (Fsp3) is 0.642. The van der Waals surface area contributed by atoms with E-state index in [9.17, 15) is 0 Å². The second-order valence-corrected chi connectivity index (χ2v) is 32.0. The van der Waals surface area contributed by atoms with Gasteiger partial charge >= 0.3 is 8.25 Å². The van der Waals surface area contributed by atoms with Gasteiger partial charge in [0.05, 0.1) is 0 Å². The molecule has 0 bridgehead atoms. The van der Waals surface area contributed by atoms with Gasteiger partial charge in [0, 0.05) is 16.4 Å². The van der Waals surface area contributed by atoms with Crippen LogP contribution in [0.3, 0.4) is 0 Å². The molecule has 2 saturated heterocycles. The summed E-state index contributed by atoms with van der Waals surface area (Å²) in [6, 6.07) is 27.9. The van der Waals surface area contributed by atoms with Crippen LogP contribution in [0.15, 0.2) is 72.8 Å². The number of ether oxygens (including phenoxy) is 2. The van der Waals surface area contributed by atoms with E-state index < -0.39 is 37.5 Å². The van der Waals surface area contributed by atoms with Crippen LogP contribution in [0.2, 0.25) is 0 Å². The Balaban J connectivity index is 2.02. The summed E-state index contributed by atoms with van der Waals surface area (Å²) in [5.74, 6) is -1.36. The number of rotatable bonds is 6. The van der Waals surface area contributed by atoms with Crippen molar-refractivity contribution in [3.05, 3.63) is 140 Å². The summed E-state index contributed by atoms with van der Waals surface area (Å²) >= 11 is 0. The summed E-state index contributed by atoms with van der Waals surface area (Å²) in [7, 11) is -2.99. The van der Waals surface area contributed by atoms with Gasteiger partial charge < -0.3 is 9.47 Å². The van der Waals surface area contributed by atoms with Crippen LogP contribution in [0, 0.1) is 11.8 Å². The first kappa shape index (κ1) is 59.1. The predicted molar refractivity (Wildman–Crippen MR) is 309 cm³/mol. The summed E-state index contributed by atoms with van der Waals surface area (Å²) < 4.78 is 48.4. The molecule has 2 aliphatic heterocycles. The molecule has 0 amide bonds. The van der Waals surface area contributed by atoms with E-state index in [0.29, 0.717) is 0 Å². The quantitative estimate of drug-likeness (QED) is 0.180. The number of benzene rings is 4. The van der Waals surface area contributed by atoms with E-state index in [1.165, 1.54) is 0 Å². The first-order chi connectivity index (χ1) is 32.7. The SMILES string of the molecule is CC(C)C1(C(C)C)O[C@H]2[C@H](O1)C(c1cc(C(C)(C)C)cc(C(C)(C)C)c1)(c1cc(C(C)(C)C)cc(C(C)(C)C)c1)O[P+](=O)OC2(c1cc(C(C)(C)C)cc(C(C)(C)C)c1)c1cc(C(C)(C)C)cc(C(C)(C)C)c1. The van der Waals surface area contributed by atoms with Gasteiger partial charge in [-0.1, -0.05) is 276 Å². The molecule has 0 aliphatic carbocycles. The molecule has 4 aromatic carbocycles. The number of hydrogen-bond acceptors (Lipinski definition) is 5. The Morgan fingerprint density at radius 2 is 0.493 bits per heavy atom. The van der Waals surface area contributed by atoms with Crippen molar-refractivity contribution in [2.75, 3.05) is 0 Å². The van der Waals surface area contributed by atoms with Gasteiger partial charge in [-0.25, -0.2) is 0 Å². The van der Waals surface area contributed by atoms with Crippen molar-refractivity contribution < 1.29 is 23.1 Å². The number of fused-ring (bicyclic) bond motifs is 1. The molecule has 0 radical (unpaired) electrons. The third-order valence-corrected chi connectivity index (χ3v) is 17.0. The van der Waals surface area contributed by atoms with E-state index in [0.717, 1.165) is 66.8 Å². The Kier molecular flexibility index (Phi) is 15.2. The van der Waals surface area contributed by atoms with E-state index >= 15 is 4.57 Å². The van der Waals surface area contributed by atoms with E-state index in [2.05, 4.69) is 267 Å². The van der Waals surface area contributed by atoms with Crippen LogP contribution in [-0.4, -0.2) is 18.0 Å². The monoisotopic (exact) mass is 1020 g/mol. The highest BCUT2D eigenvalue weighted by molar-refractivity contribution is 7.33. The van der Waals surface area contributed by atoms with Gasteiger partial charge in [0.1, 0.15) is 12.2 Å². The summed E-state index contributed by atoms with van der Waals surface area (Å²) in [6.07, 6.45) is -1.84. The molecular weight excluding hydrogens is 916 g/mol. The third kappa shape index (κ3) is 11.3. The highest BCUT2D eigenvalue weighted by Gasteiger charge is 2.74. The maximum Gasteiger partial charge on any atom is 0.700 e. The van der Waals surface area contributed by atoms with Crippen LogP contribution in [0.25, 0.3) is 0 Å². The minimum atomic E-state index is -2.99. The van der Waals surface area contributed by atoms with Crippen molar-refractivity contribution >= 4 is 8.25 Å². The molecule has 0 saturated carbocycles. The zero-order valence-corrected chi connectivity index (χ0v) is 52.1. The lowest BCUT2D eigenvalue weighted by molar-refractivity contribution is -0.249. The Bertz CT molecular complexity index is 2230. The second kappa shape index (κ2) is 18.8. The molecule has 0 unspecified atom stereocenters. The van der Waals surface area contributed by atoms with E-state index in [1.54, 1.807) is 0 Å². The van der Waals surface area contributed by atoms with Crippen LogP contribution in [-0.2, 0) is 77.6 Å². The van der Waals surface area contributed by atoms with Crippen molar-refractivity contribution in [1.82, 2.24) is 0 Å². The lowest BCUT2D eigenvalue weighted by Gasteiger charge is -2.41. The minimum Gasteiger partial charge on any atom is -0.339 e. The standard InChI is InChI=1S/C67H100O5P/c1-41(2)67(42(3)4)69-55-56(70-67)66(53-37-47(61(17,18)19)31-48(38-53)62(20,21)22,54-39-49(63(23,24)25)32-50(40-54)64(26,27)28)72-73(68)71-65(55,51-33-43(57(5,6)7)29-44(34-51)58(8,9)10)52-35-45(59(11,12)13)30-46(36-52)60(14,15)16/h29-42,55-56H,1-28H3/q+1/t55-,56-/m0/s1. The molecule has 402 valence electrons. The molecule has 73 heavy (non-hydrogen) atoms. The van der Waals surface area contributed by atoms with Crippen LogP contribution in [0.4, 0.5) is 0 Å². The summed E-state index contributed by atoms with van der Waals surface area (Å²) in [5.41, 5.74) is 7.59. The van der Waals surface area contributed by atoms with Crippen molar-refractivity contribution in [2.24, 2.45) is 11.8 Å². The van der Waals surface area contributed by atoms with Gasteiger partial charge in [-0.3, -0.25) is 0 Å². The molecule has 2 heterocycles. The van der Waals surface area contributed by atoms with E-state index in [-0.39, 0.29) is 55.2 Å². The maximum absolute atomic E-state index is 16.5. The zero-order chi connectivity index (χ0) is 55.6. The van der Waals surface area contributed by atoms with Gasteiger partial charge in [0.25, 0.3) is 0 Å². The molecule has 6 rings (SSSR count). The van der Waals surface area contributed by atoms with E-state index in [4.69, 9.17) is 18.5 Å². The summed E-state index contributed by atoms with van der Waals surface area (Å²) in [6.45, 7) is 63.4. The van der Waals surface area contributed by atoms with Crippen molar-refractivity contribution in [3.8, 4) is 0 Å². The van der Waals surface area contributed by atoms with Crippen LogP contribution >= 0.6 is 8.25 Å². The molecular formula is C67H100O5P+. The first-order valence-corrected chi connectivity index (χ1v) is 28.7. The minimum absolute atomic E-state index is 0.113. The maximum atomic E-state index is 16.5. The predicted octanol–water partition coefficient (Wildman–Crippen LogP) is 18.8. The largest absolute Gasteiger partial charge is 0.700 e. The molecule has 2 aliphatic rings. The topological polar surface area (TPSA) is 54.0 Å². The van der Waals surface area contributed by atoms with Gasteiger partial charge in [0.2, 0.25) is 11.2 Å². The highest BCUT2D eigenvalue weighted by Crippen LogP contribution is 2.64. The van der Waals surface area contributed by atoms with Crippen LogP contribution in [0.5, 0.6) is 0 Å².